The van der Waals surface area contributed by atoms with Crippen LogP contribution in [0.1, 0.15) is 32.3 Å². The van der Waals surface area contributed by atoms with E-state index in [-0.39, 0.29) is 17.3 Å². The first-order valence-electron chi connectivity index (χ1n) is 8.93. The van der Waals surface area contributed by atoms with Crippen LogP contribution in [-0.4, -0.2) is 25.9 Å². The third kappa shape index (κ3) is 4.46. The molecule has 1 aromatic heterocycles. The van der Waals surface area contributed by atoms with Crippen molar-refractivity contribution in [3.8, 4) is 0 Å². The molecule has 3 aromatic rings. The van der Waals surface area contributed by atoms with E-state index < -0.39 is 15.1 Å². The average Bonchev–Trinajstić information content (AvgIpc) is 2.69. The molecular weight excluding hydrogens is 372 g/mol. The van der Waals surface area contributed by atoms with E-state index in [4.69, 9.17) is 0 Å². The first-order chi connectivity index (χ1) is 13.4. The zero-order valence-corrected chi connectivity index (χ0v) is 16.6. The molecule has 0 aliphatic heterocycles. The molecule has 1 atom stereocenters. The second-order valence-corrected chi connectivity index (χ2v) is 8.84. The summed E-state index contributed by atoms with van der Waals surface area (Å²) < 4.78 is 26.5. The van der Waals surface area contributed by atoms with E-state index in [0.29, 0.717) is 11.1 Å². The highest BCUT2D eigenvalue weighted by molar-refractivity contribution is 7.91. The number of aryl methyl sites for hydroxylation is 2. The maximum absolute atomic E-state index is 13.3. The summed E-state index contributed by atoms with van der Waals surface area (Å²) in [6, 6.07) is 17.2. The Morgan fingerprint density at radius 1 is 0.964 bits per heavy atom. The predicted molar refractivity (Wildman–Crippen MR) is 109 cm³/mol. The molecule has 1 amide bonds. The molecule has 0 radical (unpaired) electrons. The van der Waals surface area contributed by atoms with Crippen LogP contribution in [0.15, 0.2) is 78.0 Å². The Labute approximate surface area is 165 Å². The van der Waals surface area contributed by atoms with E-state index in [1.165, 1.54) is 6.20 Å². The molecule has 0 aliphatic carbocycles. The molecule has 144 valence electrons. The van der Waals surface area contributed by atoms with E-state index in [1.807, 2.05) is 26.0 Å². The van der Waals surface area contributed by atoms with Crippen molar-refractivity contribution in [2.45, 2.75) is 24.0 Å². The lowest BCUT2D eigenvalue weighted by Crippen LogP contribution is -2.32. The number of aromatic nitrogens is 1. The molecule has 0 saturated heterocycles. The summed E-state index contributed by atoms with van der Waals surface area (Å²) in [4.78, 5) is 16.7. The fourth-order valence-electron chi connectivity index (χ4n) is 2.86. The minimum atomic E-state index is -3.71. The Hall–Kier alpha value is -2.99. The molecule has 5 nitrogen and oxygen atoms in total. The van der Waals surface area contributed by atoms with Gasteiger partial charge in [0.2, 0.25) is 0 Å². The molecule has 0 spiro atoms. The van der Waals surface area contributed by atoms with Gasteiger partial charge in [-0.1, -0.05) is 41.5 Å². The molecule has 3 rings (SSSR count). The van der Waals surface area contributed by atoms with Gasteiger partial charge in [0.25, 0.3) is 5.91 Å². The molecule has 0 fully saturated rings. The van der Waals surface area contributed by atoms with Crippen LogP contribution < -0.4 is 5.32 Å². The van der Waals surface area contributed by atoms with Gasteiger partial charge >= 0.3 is 0 Å². The Morgan fingerprint density at radius 3 is 2.14 bits per heavy atom. The molecule has 2 aromatic carbocycles. The lowest BCUT2D eigenvalue weighted by atomic mass is 10.1. The third-order valence-corrected chi connectivity index (χ3v) is 6.66. The van der Waals surface area contributed by atoms with Crippen molar-refractivity contribution in [3.05, 3.63) is 95.3 Å². The fraction of sp³-hybridized carbons (Fsp3) is 0.182. The van der Waals surface area contributed by atoms with Crippen molar-refractivity contribution in [2.75, 3.05) is 6.54 Å². The van der Waals surface area contributed by atoms with Gasteiger partial charge in [-0.25, -0.2) is 8.42 Å². The topological polar surface area (TPSA) is 76.1 Å². The molecule has 0 aliphatic rings. The van der Waals surface area contributed by atoms with Gasteiger partial charge in [0.1, 0.15) is 5.25 Å². The lowest BCUT2D eigenvalue weighted by Gasteiger charge is -2.19. The fourth-order valence-corrected chi connectivity index (χ4v) is 4.50. The number of amides is 1. The number of sulfone groups is 1. The van der Waals surface area contributed by atoms with Crippen molar-refractivity contribution in [3.63, 3.8) is 0 Å². The SMILES string of the molecule is Cc1ccc(C(=O)NC[C@H](c2cccnc2)S(=O)(=O)c2ccc(C)cc2)cc1. The number of hydrogen-bond donors (Lipinski definition) is 1. The number of hydrogen-bond acceptors (Lipinski definition) is 4. The van der Waals surface area contributed by atoms with Crippen LogP contribution >= 0.6 is 0 Å². The van der Waals surface area contributed by atoms with E-state index in [0.717, 1.165) is 11.1 Å². The summed E-state index contributed by atoms with van der Waals surface area (Å²) >= 11 is 0. The molecule has 28 heavy (non-hydrogen) atoms. The van der Waals surface area contributed by atoms with Gasteiger partial charge in [0.15, 0.2) is 9.84 Å². The first kappa shape index (κ1) is 19.8. The summed E-state index contributed by atoms with van der Waals surface area (Å²) in [6.07, 6.45) is 3.11. The van der Waals surface area contributed by atoms with Crippen molar-refractivity contribution in [1.29, 1.82) is 0 Å². The number of rotatable bonds is 6. The highest BCUT2D eigenvalue weighted by Crippen LogP contribution is 2.28. The molecule has 0 bridgehead atoms. The van der Waals surface area contributed by atoms with Crippen LogP contribution in [0.5, 0.6) is 0 Å². The first-order valence-corrected chi connectivity index (χ1v) is 10.5. The van der Waals surface area contributed by atoms with Crippen molar-refractivity contribution >= 4 is 15.7 Å². The smallest absolute Gasteiger partial charge is 0.251 e. The second-order valence-electron chi connectivity index (χ2n) is 6.71. The second kappa shape index (κ2) is 8.35. The maximum Gasteiger partial charge on any atom is 0.251 e. The van der Waals surface area contributed by atoms with Gasteiger partial charge < -0.3 is 5.32 Å². The average molecular weight is 394 g/mol. The van der Waals surface area contributed by atoms with Crippen molar-refractivity contribution in [2.24, 2.45) is 0 Å². The van der Waals surface area contributed by atoms with Crippen LogP contribution in [0, 0.1) is 13.8 Å². The highest BCUT2D eigenvalue weighted by atomic mass is 32.2. The van der Waals surface area contributed by atoms with E-state index in [1.54, 1.807) is 54.7 Å². The number of carbonyl (C=O) groups is 1. The predicted octanol–water partition coefficient (Wildman–Crippen LogP) is 3.64. The number of nitrogens with zero attached hydrogens (tertiary/aromatic N) is 1. The standard InChI is InChI=1S/C22H22N2O3S/c1-16-5-9-18(10-6-16)22(25)24-15-21(19-4-3-13-23-14-19)28(26,27)20-11-7-17(2)8-12-20/h3-14,21H,15H2,1-2H3,(H,24,25)/t21-/m1/s1. The van der Waals surface area contributed by atoms with E-state index >= 15 is 0 Å². The van der Waals surface area contributed by atoms with Crippen LogP contribution in [0.4, 0.5) is 0 Å². The molecular formula is C22H22N2O3S. The molecule has 6 heteroatoms. The van der Waals surface area contributed by atoms with Crippen LogP contribution in [0.25, 0.3) is 0 Å². The monoisotopic (exact) mass is 394 g/mol. The number of nitrogens with one attached hydrogen (secondary N) is 1. The summed E-state index contributed by atoms with van der Waals surface area (Å²) in [5, 5.41) is 1.83. The van der Waals surface area contributed by atoms with Gasteiger partial charge in [0.05, 0.1) is 4.90 Å². The highest BCUT2D eigenvalue weighted by Gasteiger charge is 2.30. The van der Waals surface area contributed by atoms with Gasteiger partial charge in [-0.05, 0) is 49.7 Å². The van der Waals surface area contributed by atoms with Crippen LogP contribution in [-0.2, 0) is 9.84 Å². The van der Waals surface area contributed by atoms with Crippen LogP contribution in [0.3, 0.4) is 0 Å². The van der Waals surface area contributed by atoms with Crippen LogP contribution in [0.2, 0.25) is 0 Å². The maximum atomic E-state index is 13.3. The van der Waals surface area contributed by atoms with Crippen molar-refractivity contribution in [1.82, 2.24) is 10.3 Å². The van der Waals surface area contributed by atoms with Gasteiger partial charge in [-0.3, -0.25) is 9.78 Å². The summed E-state index contributed by atoms with van der Waals surface area (Å²) in [5.74, 6) is -0.312. The van der Waals surface area contributed by atoms with E-state index in [2.05, 4.69) is 10.3 Å². The Morgan fingerprint density at radius 2 is 1.57 bits per heavy atom. The zero-order valence-electron chi connectivity index (χ0n) is 15.8. The minimum absolute atomic E-state index is 0.0470. The molecule has 0 saturated carbocycles. The Balaban J connectivity index is 1.88. The zero-order chi connectivity index (χ0) is 20.1. The van der Waals surface area contributed by atoms with Crippen molar-refractivity contribution < 1.29 is 13.2 Å². The minimum Gasteiger partial charge on any atom is -0.350 e. The number of pyridine rings is 1. The van der Waals surface area contributed by atoms with Gasteiger partial charge in [-0.2, -0.15) is 0 Å². The Kier molecular flexibility index (Phi) is 5.90. The molecule has 0 unspecified atom stereocenters. The van der Waals surface area contributed by atoms with E-state index in [9.17, 15) is 13.2 Å². The molecule has 1 heterocycles. The van der Waals surface area contributed by atoms with Gasteiger partial charge in [-0.15, -0.1) is 0 Å². The third-order valence-electron chi connectivity index (χ3n) is 4.54. The lowest BCUT2D eigenvalue weighted by molar-refractivity contribution is 0.0953. The summed E-state index contributed by atoms with van der Waals surface area (Å²) in [6.45, 7) is 3.79. The quantitative estimate of drug-likeness (QED) is 0.692. The molecule has 1 N–H and O–H groups in total. The number of benzene rings is 2. The largest absolute Gasteiger partial charge is 0.350 e. The normalized spacial score (nSPS) is 12.4. The number of carbonyl (C=O) groups excluding carboxylic acids is 1. The summed E-state index contributed by atoms with van der Waals surface area (Å²) in [5.41, 5.74) is 3.05. The Bertz CT molecular complexity index is 1050. The summed E-state index contributed by atoms with van der Waals surface area (Å²) in [7, 11) is -3.71. The van der Waals surface area contributed by atoms with Gasteiger partial charge in [0, 0.05) is 24.5 Å².